The van der Waals surface area contributed by atoms with Crippen LogP contribution in [0.5, 0.6) is 0 Å². The Labute approximate surface area is 101 Å². The highest BCUT2D eigenvalue weighted by molar-refractivity contribution is 6.33. The van der Waals surface area contributed by atoms with E-state index in [0.717, 1.165) is 18.5 Å². The summed E-state index contributed by atoms with van der Waals surface area (Å²) in [5.74, 6) is 0. The number of rotatable bonds is 7. The van der Waals surface area contributed by atoms with Crippen molar-refractivity contribution < 1.29 is 4.74 Å². The average molecular weight is 244 g/mol. The molecule has 0 bridgehead atoms. The maximum atomic E-state index is 6.03. The molecule has 0 fully saturated rings. The lowest BCUT2D eigenvalue weighted by Crippen LogP contribution is -2.26. The summed E-state index contributed by atoms with van der Waals surface area (Å²) in [6.07, 6.45) is 5.29. The molecule has 0 aliphatic rings. The molecule has 16 heavy (non-hydrogen) atoms. The molecule has 0 amide bonds. The minimum atomic E-state index is 0.218. The molecule has 0 saturated carbocycles. The second kappa shape index (κ2) is 7.44. The largest absolute Gasteiger partial charge is 0.383 e. The number of halogens is 1. The second-order valence-corrected chi connectivity index (χ2v) is 3.99. The van der Waals surface area contributed by atoms with Gasteiger partial charge in [-0.25, -0.2) is 0 Å². The molecule has 0 saturated heterocycles. The van der Waals surface area contributed by atoms with E-state index in [0.29, 0.717) is 18.2 Å². The fourth-order valence-electron chi connectivity index (χ4n) is 1.47. The Bertz CT molecular complexity index is 309. The molecule has 1 rings (SSSR count). The van der Waals surface area contributed by atoms with E-state index < -0.39 is 0 Å². The Morgan fingerprint density at radius 2 is 2.44 bits per heavy atom. The topological polar surface area (TPSA) is 60.2 Å². The van der Waals surface area contributed by atoms with Gasteiger partial charge in [0.25, 0.3) is 0 Å². The van der Waals surface area contributed by atoms with Crippen molar-refractivity contribution in [3.63, 3.8) is 0 Å². The maximum Gasteiger partial charge on any atom is 0.0718 e. The van der Waals surface area contributed by atoms with Gasteiger partial charge in [-0.05, 0) is 25.5 Å². The summed E-state index contributed by atoms with van der Waals surface area (Å²) in [5.41, 5.74) is 6.33. The summed E-state index contributed by atoms with van der Waals surface area (Å²) in [5, 5.41) is 3.98. The first kappa shape index (κ1) is 13.2. The van der Waals surface area contributed by atoms with Gasteiger partial charge in [0.15, 0.2) is 0 Å². The summed E-state index contributed by atoms with van der Waals surface area (Å²) in [4.78, 5) is 4.03. The fraction of sp³-hybridized carbons (Fsp3) is 0.545. The van der Waals surface area contributed by atoms with Crippen LogP contribution >= 0.6 is 11.6 Å². The van der Waals surface area contributed by atoms with Crippen LogP contribution in [-0.4, -0.2) is 31.3 Å². The van der Waals surface area contributed by atoms with E-state index in [4.69, 9.17) is 22.1 Å². The van der Waals surface area contributed by atoms with Crippen LogP contribution in [0.1, 0.15) is 12.8 Å². The van der Waals surface area contributed by atoms with Crippen LogP contribution in [0.2, 0.25) is 5.02 Å². The highest BCUT2D eigenvalue weighted by Gasteiger charge is 2.09. The molecule has 0 aromatic carbocycles. The van der Waals surface area contributed by atoms with E-state index in [9.17, 15) is 0 Å². The minimum Gasteiger partial charge on any atom is -0.383 e. The monoisotopic (exact) mass is 243 g/mol. The van der Waals surface area contributed by atoms with E-state index in [1.165, 1.54) is 0 Å². The number of hydrogen-bond donors (Lipinski definition) is 2. The van der Waals surface area contributed by atoms with Crippen molar-refractivity contribution in [2.24, 2.45) is 5.73 Å². The summed E-state index contributed by atoms with van der Waals surface area (Å²) in [7, 11) is 1.68. The summed E-state index contributed by atoms with van der Waals surface area (Å²) < 4.78 is 5.15. The Kier molecular flexibility index (Phi) is 6.15. The number of nitrogens with two attached hydrogens (primary N) is 1. The van der Waals surface area contributed by atoms with Crippen molar-refractivity contribution >= 4 is 17.3 Å². The summed E-state index contributed by atoms with van der Waals surface area (Å²) in [6, 6.07) is 1.98. The molecule has 0 radical (unpaired) electrons. The number of methoxy groups -OCH3 is 1. The fourth-order valence-corrected chi connectivity index (χ4v) is 1.63. The molecule has 1 aromatic rings. The van der Waals surface area contributed by atoms with Crippen LogP contribution in [0.3, 0.4) is 0 Å². The third kappa shape index (κ3) is 4.35. The van der Waals surface area contributed by atoms with Crippen LogP contribution in [-0.2, 0) is 4.74 Å². The zero-order chi connectivity index (χ0) is 11.8. The van der Waals surface area contributed by atoms with Gasteiger partial charge < -0.3 is 15.8 Å². The lowest BCUT2D eigenvalue weighted by Gasteiger charge is -2.19. The van der Waals surface area contributed by atoms with Crippen molar-refractivity contribution in [2.45, 2.75) is 18.9 Å². The number of nitrogens with zero attached hydrogens (tertiary/aromatic N) is 1. The molecule has 5 heteroatoms. The summed E-state index contributed by atoms with van der Waals surface area (Å²) in [6.45, 7) is 1.31. The minimum absolute atomic E-state index is 0.218. The van der Waals surface area contributed by atoms with Crippen molar-refractivity contribution in [3.05, 3.63) is 23.5 Å². The molecule has 4 nitrogen and oxygen atoms in total. The molecule has 0 spiro atoms. The van der Waals surface area contributed by atoms with Gasteiger partial charge in [-0.15, -0.1) is 0 Å². The predicted octanol–water partition coefficient (Wildman–Crippen LogP) is 1.90. The first-order valence-electron chi connectivity index (χ1n) is 5.33. The number of anilines is 1. The van der Waals surface area contributed by atoms with Gasteiger partial charge in [-0.2, -0.15) is 0 Å². The number of hydrogen-bond acceptors (Lipinski definition) is 4. The lowest BCUT2D eigenvalue weighted by atomic mass is 10.1. The van der Waals surface area contributed by atoms with Gasteiger partial charge in [-0.3, -0.25) is 4.98 Å². The van der Waals surface area contributed by atoms with Gasteiger partial charge in [0, 0.05) is 19.3 Å². The van der Waals surface area contributed by atoms with Crippen molar-refractivity contribution in [1.29, 1.82) is 0 Å². The van der Waals surface area contributed by atoms with Crippen molar-refractivity contribution in [1.82, 2.24) is 4.98 Å². The molecule has 1 unspecified atom stereocenters. The van der Waals surface area contributed by atoms with Gasteiger partial charge >= 0.3 is 0 Å². The lowest BCUT2D eigenvalue weighted by molar-refractivity contribution is 0.182. The Morgan fingerprint density at radius 1 is 1.62 bits per heavy atom. The first-order chi connectivity index (χ1) is 7.77. The van der Waals surface area contributed by atoms with Gasteiger partial charge in [-0.1, -0.05) is 11.6 Å². The van der Waals surface area contributed by atoms with E-state index in [-0.39, 0.29) is 6.04 Å². The normalized spacial score (nSPS) is 12.4. The van der Waals surface area contributed by atoms with Crippen LogP contribution < -0.4 is 11.1 Å². The maximum absolute atomic E-state index is 6.03. The number of aromatic nitrogens is 1. The summed E-state index contributed by atoms with van der Waals surface area (Å²) >= 11 is 6.03. The quantitative estimate of drug-likeness (QED) is 0.768. The standard InChI is InChI=1S/C11H18ClN3O/c1-16-8-9(3-2-5-13)15-11-7-14-6-4-10(11)12/h4,6-7,9,15H,2-3,5,8,13H2,1H3. The van der Waals surface area contributed by atoms with E-state index in [1.807, 2.05) is 0 Å². The zero-order valence-corrected chi connectivity index (χ0v) is 10.2. The van der Waals surface area contributed by atoms with Crippen LogP contribution in [0, 0.1) is 0 Å². The van der Waals surface area contributed by atoms with E-state index >= 15 is 0 Å². The van der Waals surface area contributed by atoms with E-state index in [1.54, 1.807) is 25.6 Å². The molecular weight excluding hydrogens is 226 g/mol. The van der Waals surface area contributed by atoms with Crippen molar-refractivity contribution in [2.75, 3.05) is 25.6 Å². The van der Waals surface area contributed by atoms with Gasteiger partial charge in [0.05, 0.1) is 23.5 Å². The smallest absolute Gasteiger partial charge is 0.0718 e. The van der Waals surface area contributed by atoms with Crippen LogP contribution in [0.15, 0.2) is 18.5 Å². The molecule has 0 aliphatic heterocycles. The van der Waals surface area contributed by atoms with E-state index in [2.05, 4.69) is 10.3 Å². The molecule has 1 heterocycles. The van der Waals surface area contributed by atoms with Gasteiger partial charge in [0.2, 0.25) is 0 Å². The number of ether oxygens (including phenoxy) is 1. The molecular formula is C11H18ClN3O. The molecule has 1 aromatic heterocycles. The Hall–Kier alpha value is -0.840. The molecule has 1 atom stereocenters. The average Bonchev–Trinajstić information content (AvgIpc) is 2.29. The Morgan fingerprint density at radius 3 is 3.06 bits per heavy atom. The van der Waals surface area contributed by atoms with Crippen LogP contribution in [0.25, 0.3) is 0 Å². The predicted molar refractivity (Wildman–Crippen MR) is 66.8 cm³/mol. The third-order valence-electron chi connectivity index (χ3n) is 2.25. The first-order valence-corrected chi connectivity index (χ1v) is 5.70. The second-order valence-electron chi connectivity index (χ2n) is 3.58. The van der Waals surface area contributed by atoms with Crippen molar-refractivity contribution in [3.8, 4) is 0 Å². The SMILES string of the molecule is COCC(CCCN)Nc1cnccc1Cl. The van der Waals surface area contributed by atoms with Gasteiger partial charge in [0.1, 0.15) is 0 Å². The number of nitrogens with one attached hydrogen (secondary N) is 1. The highest BCUT2D eigenvalue weighted by Crippen LogP contribution is 2.20. The Balaban J connectivity index is 2.56. The molecule has 3 N–H and O–H groups in total. The zero-order valence-electron chi connectivity index (χ0n) is 9.45. The third-order valence-corrected chi connectivity index (χ3v) is 2.58. The number of pyridine rings is 1. The molecule has 0 aliphatic carbocycles. The highest BCUT2D eigenvalue weighted by atomic mass is 35.5. The van der Waals surface area contributed by atoms with Crippen LogP contribution in [0.4, 0.5) is 5.69 Å². The molecule has 90 valence electrons.